The lowest BCUT2D eigenvalue weighted by atomic mass is 9.94. The van der Waals surface area contributed by atoms with Gasteiger partial charge in [-0.3, -0.25) is 14.4 Å². The first-order valence-corrected chi connectivity index (χ1v) is 12.8. The molecule has 4 rings (SSSR count). The summed E-state index contributed by atoms with van der Waals surface area (Å²) < 4.78 is 11.8. The van der Waals surface area contributed by atoms with E-state index < -0.39 is 11.6 Å². The Hall–Kier alpha value is -2.94. The number of hydrogen-bond donors (Lipinski definition) is 1. The highest BCUT2D eigenvalue weighted by atomic mass is 16.6. The smallest absolute Gasteiger partial charge is 0.410 e. The molecular formula is C27H36N2O7. The summed E-state index contributed by atoms with van der Waals surface area (Å²) in [4.78, 5) is 54.0. The molecule has 3 aliphatic rings. The predicted octanol–water partition coefficient (Wildman–Crippen LogP) is 3.38. The molecule has 2 amide bonds. The zero-order valence-electron chi connectivity index (χ0n) is 21.4. The zero-order valence-corrected chi connectivity index (χ0v) is 21.4. The standard InChI is InChI=1S/C27H36N2O7/c1-27(2,3)36-26(34)28-13-11-20(12-14-28)35-24-18(16-30)8-7-17-15-29(25(33)23(17)24)21-10-9-19(31)5-4-6-22(21)32/h7-8,20-21,30H,4-6,9-16H2,1-3H3. The molecule has 2 fully saturated rings. The van der Waals surface area contributed by atoms with Gasteiger partial charge in [-0.15, -0.1) is 0 Å². The zero-order chi connectivity index (χ0) is 26.0. The van der Waals surface area contributed by atoms with Crippen LogP contribution in [-0.2, 0) is 27.5 Å². The van der Waals surface area contributed by atoms with E-state index in [2.05, 4.69) is 0 Å². The van der Waals surface area contributed by atoms with E-state index in [4.69, 9.17) is 9.47 Å². The number of Topliss-reactive ketones (excluding diaryl/α,β-unsaturated/α-hetero) is 2. The van der Waals surface area contributed by atoms with Crippen LogP contribution < -0.4 is 4.74 Å². The van der Waals surface area contributed by atoms with E-state index in [0.29, 0.717) is 62.1 Å². The van der Waals surface area contributed by atoms with E-state index in [-0.39, 0.29) is 55.7 Å². The molecule has 1 aliphatic carbocycles. The fraction of sp³-hybridized carbons (Fsp3) is 0.630. The van der Waals surface area contributed by atoms with Crippen molar-refractivity contribution in [1.82, 2.24) is 9.80 Å². The van der Waals surface area contributed by atoms with Crippen molar-refractivity contribution in [3.63, 3.8) is 0 Å². The summed E-state index contributed by atoms with van der Waals surface area (Å²) in [6.07, 6.45) is 2.39. The molecular weight excluding hydrogens is 464 g/mol. The molecule has 1 aromatic carbocycles. The van der Waals surface area contributed by atoms with Crippen molar-refractivity contribution in [3.8, 4) is 5.75 Å². The average molecular weight is 501 g/mol. The maximum absolute atomic E-state index is 13.6. The molecule has 2 heterocycles. The lowest BCUT2D eigenvalue weighted by molar-refractivity contribution is -0.126. The van der Waals surface area contributed by atoms with Crippen molar-refractivity contribution in [1.29, 1.82) is 0 Å². The van der Waals surface area contributed by atoms with E-state index in [1.54, 1.807) is 21.9 Å². The van der Waals surface area contributed by atoms with Gasteiger partial charge < -0.3 is 24.4 Å². The van der Waals surface area contributed by atoms with Gasteiger partial charge in [-0.05, 0) is 39.2 Å². The highest BCUT2D eigenvalue weighted by Gasteiger charge is 2.40. The molecule has 0 radical (unpaired) electrons. The van der Waals surface area contributed by atoms with Crippen LogP contribution in [0, 0.1) is 0 Å². The van der Waals surface area contributed by atoms with E-state index in [0.717, 1.165) is 5.56 Å². The van der Waals surface area contributed by atoms with Crippen LogP contribution in [0.25, 0.3) is 0 Å². The monoisotopic (exact) mass is 500 g/mol. The number of aliphatic hydroxyl groups excluding tert-OH is 1. The Morgan fingerprint density at radius 2 is 1.78 bits per heavy atom. The van der Waals surface area contributed by atoms with E-state index in [9.17, 15) is 24.3 Å². The number of carbonyl (C=O) groups is 4. The highest BCUT2D eigenvalue weighted by Crippen LogP contribution is 2.38. The highest BCUT2D eigenvalue weighted by molar-refractivity contribution is 6.04. The van der Waals surface area contributed by atoms with Crippen LogP contribution in [0.15, 0.2) is 12.1 Å². The molecule has 9 heteroatoms. The lowest BCUT2D eigenvalue weighted by Gasteiger charge is -2.34. The van der Waals surface area contributed by atoms with E-state index >= 15 is 0 Å². The molecule has 0 bridgehead atoms. The van der Waals surface area contributed by atoms with Gasteiger partial charge in [0.05, 0.1) is 18.2 Å². The van der Waals surface area contributed by atoms with Gasteiger partial charge in [0.2, 0.25) is 0 Å². The quantitative estimate of drug-likeness (QED) is 0.674. The fourth-order valence-electron chi connectivity index (χ4n) is 5.13. The minimum atomic E-state index is -0.628. The molecule has 9 nitrogen and oxygen atoms in total. The average Bonchev–Trinajstić information content (AvgIpc) is 3.14. The third-order valence-corrected chi connectivity index (χ3v) is 7.01. The van der Waals surface area contributed by atoms with Crippen LogP contribution >= 0.6 is 0 Å². The summed E-state index contributed by atoms with van der Waals surface area (Å²) >= 11 is 0. The number of piperidine rings is 1. The number of hydrogen-bond acceptors (Lipinski definition) is 7. The number of aliphatic hydroxyl groups is 1. The molecule has 0 spiro atoms. The number of amides is 2. The summed E-state index contributed by atoms with van der Waals surface area (Å²) in [6.45, 7) is 6.41. The second-order valence-electron chi connectivity index (χ2n) is 10.9. The molecule has 2 aliphatic heterocycles. The van der Waals surface area contributed by atoms with Crippen LogP contribution in [-0.4, -0.2) is 69.3 Å². The molecule has 1 atom stereocenters. The van der Waals surface area contributed by atoms with Gasteiger partial charge in [0, 0.05) is 57.3 Å². The summed E-state index contributed by atoms with van der Waals surface area (Å²) in [7, 11) is 0. The van der Waals surface area contributed by atoms with Crippen molar-refractivity contribution in [2.45, 2.75) is 96.6 Å². The molecule has 0 aromatic heterocycles. The van der Waals surface area contributed by atoms with Gasteiger partial charge in [-0.25, -0.2) is 4.79 Å². The van der Waals surface area contributed by atoms with Crippen molar-refractivity contribution in [2.75, 3.05) is 13.1 Å². The number of nitrogens with zero attached hydrogens (tertiary/aromatic N) is 2. The van der Waals surface area contributed by atoms with E-state index in [1.165, 1.54) is 0 Å². The number of benzene rings is 1. The molecule has 1 saturated heterocycles. The largest absolute Gasteiger partial charge is 0.489 e. The second kappa shape index (κ2) is 10.6. The molecule has 196 valence electrons. The Morgan fingerprint density at radius 3 is 2.44 bits per heavy atom. The predicted molar refractivity (Wildman–Crippen MR) is 131 cm³/mol. The lowest BCUT2D eigenvalue weighted by Crippen LogP contribution is -2.44. The molecule has 1 unspecified atom stereocenters. The SMILES string of the molecule is CC(C)(C)OC(=O)N1CCC(Oc2c(CO)ccc3c2C(=O)N(C2CCC(=O)CCCC2=O)C3)CC1. The topological polar surface area (TPSA) is 113 Å². The number of fused-ring (bicyclic) bond motifs is 1. The first-order valence-electron chi connectivity index (χ1n) is 12.8. The van der Waals surface area contributed by atoms with Gasteiger partial charge >= 0.3 is 6.09 Å². The number of likely N-dealkylation sites (tertiary alicyclic amines) is 1. The van der Waals surface area contributed by atoms with Gasteiger partial charge in [-0.1, -0.05) is 12.1 Å². The Kier molecular flexibility index (Phi) is 7.68. The Bertz CT molecular complexity index is 1040. The van der Waals surface area contributed by atoms with Crippen LogP contribution in [0.1, 0.15) is 87.2 Å². The molecule has 1 N–H and O–H groups in total. The number of ketones is 2. The van der Waals surface area contributed by atoms with Gasteiger partial charge in [0.25, 0.3) is 5.91 Å². The Balaban J connectivity index is 1.49. The first kappa shape index (κ1) is 26.1. The fourth-order valence-corrected chi connectivity index (χ4v) is 5.13. The maximum atomic E-state index is 13.6. The Labute approximate surface area is 211 Å². The first-order chi connectivity index (χ1) is 17.1. The van der Waals surface area contributed by atoms with E-state index in [1.807, 2.05) is 20.8 Å². The number of ether oxygens (including phenoxy) is 2. The number of rotatable bonds is 4. The Morgan fingerprint density at radius 1 is 1.06 bits per heavy atom. The molecule has 1 aromatic rings. The third-order valence-electron chi connectivity index (χ3n) is 7.01. The van der Waals surface area contributed by atoms with Crippen LogP contribution in [0.4, 0.5) is 4.79 Å². The maximum Gasteiger partial charge on any atom is 0.410 e. The van der Waals surface area contributed by atoms with Crippen LogP contribution in [0.5, 0.6) is 5.75 Å². The van der Waals surface area contributed by atoms with Crippen molar-refractivity contribution < 1.29 is 33.8 Å². The molecule has 1 saturated carbocycles. The summed E-state index contributed by atoms with van der Waals surface area (Å²) in [5.41, 5.74) is 1.08. The van der Waals surface area contributed by atoms with Crippen LogP contribution in [0.2, 0.25) is 0 Å². The van der Waals surface area contributed by atoms with Gasteiger partial charge in [-0.2, -0.15) is 0 Å². The van der Waals surface area contributed by atoms with Crippen molar-refractivity contribution in [3.05, 3.63) is 28.8 Å². The third kappa shape index (κ3) is 5.72. The minimum Gasteiger partial charge on any atom is -0.489 e. The molecule has 36 heavy (non-hydrogen) atoms. The second-order valence-corrected chi connectivity index (χ2v) is 10.9. The van der Waals surface area contributed by atoms with Crippen LogP contribution in [0.3, 0.4) is 0 Å². The van der Waals surface area contributed by atoms with Crippen molar-refractivity contribution >= 4 is 23.6 Å². The van der Waals surface area contributed by atoms with Crippen molar-refractivity contribution in [2.24, 2.45) is 0 Å². The van der Waals surface area contributed by atoms with Gasteiger partial charge in [0.1, 0.15) is 23.2 Å². The summed E-state index contributed by atoms with van der Waals surface area (Å²) in [6, 6.07) is 2.93. The normalized spacial score (nSPS) is 21.8. The minimum absolute atomic E-state index is 0.0111. The summed E-state index contributed by atoms with van der Waals surface area (Å²) in [5, 5.41) is 9.98. The number of carbonyl (C=O) groups excluding carboxylic acids is 4. The summed E-state index contributed by atoms with van der Waals surface area (Å²) in [5.74, 6) is 0.171. The van der Waals surface area contributed by atoms with Gasteiger partial charge in [0.15, 0.2) is 5.78 Å².